The molecule has 5 heteroatoms. The standard InChI is InChI=1S/C20H23NO4/c1-15(20(23)24)13-16-7-9-18(10-8-16)21-19(22)11-12-25-14-17-5-3-2-4-6-17/h2-10,15H,11-14H2,1H3,(H,21,22)(H,23,24). The molecule has 1 atom stereocenters. The van der Waals surface area contributed by atoms with Gasteiger partial charge in [0, 0.05) is 5.69 Å². The molecule has 0 radical (unpaired) electrons. The maximum atomic E-state index is 11.9. The van der Waals surface area contributed by atoms with E-state index in [4.69, 9.17) is 9.84 Å². The number of anilines is 1. The van der Waals surface area contributed by atoms with E-state index in [1.165, 1.54) is 0 Å². The Kier molecular flexibility index (Phi) is 7.16. The molecule has 0 aromatic heterocycles. The smallest absolute Gasteiger partial charge is 0.306 e. The third kappa shape index (κ3) is 6.77. The molecule has 0 aliphatic carbocycles. The van der Waals surface area contributed by atoms with Gasteiger partial charge < -0.3 is 15.2 Å². The van der Waals surface area contributed by atoms with Gasteiger partial charge in [0.25, 0.3) is 0 Å². The van der Waals surface area contributed by atoms with Crippen molar-refractivity contribution in [2.24, 2.45) is 5.92 Å². The van der Waals surface area contributed by atoms with Crippen molar-refractivity contribution in [2.75, 3.05) is 11.9 Å². The lowest BCUT2D eigenvalue weighted by Gasteiger charge is -2.09. The Morgan fingerprint density at radius 3 is 2.36 bits per heavy atom. The number of hydrogen-bond acceptors (Lipinski definition) is 3. The zero-order chi connectivity index (χ0) is 18.1. The van der Waals surface area contributed by atoms with Crippen LogP contribution >= 0.6 is 0 Å². The highest BCUT2D eigenvalue weighted by atomic mass is 16.5. The average Bonchev–Trinajstić information content (AvgIpc) is 2.61. The first-order valence-electron chi connectivity index (χ1n) is 8.28. The quantitative estimate of drug-likeness (QED) is 0.685. The van der Waals surface area contributed by atoms with E-state index in [1.54, 1.807) is 19.1 Å². The Hall–Kier alpha value is -2.66. The molecular formula is C20H23NO4. The normalized spacial score (nSPS) is 11.7. The second-order valence-electron chi connectivity index (χ2n) is 5.98. The zero-order valence-corrected chi connectivity index (χ0v) is 14.3. The number of ether oxygens (including phenoxy) is 1. The lowest BCUT2D eigenvalue weighted by Crippen LogP contribution is -2.14. The van der Waals surface area contributed by atoms with E-state index < -0.39 is 11.9 Å². The molecule has 0 heterocycles. The minimum atomic E-state index is -0.812. The minimum absolute atomic E-state index is 0.111. The van der Waals surface area contributed by atoms with Gasteiger partial charge in [-0.3, -0.25) is 9.59 Å². The second kappa shape index (κ2) is 9.59. The molecule has 0 aliphatic heterocycles. The van der Waals surface area contributed by atoms with Crippen LogP contribution in [0.5, 0.6) is 0 Å². The molecule has 0 saturated heterocycles. The van der Waals surface area contributed by atoms with E-state index in [0.29, 0.717) is 25.3 Å². The third-order valence-electron chi connectivity index (χ3n) is 3.79. The van der Waals surface area contributed by atoms with Crippen LogP contribution in [0.3, 0.4) is 0 Å². The molecule has 0 spiro atoms. The van der Waals surface area contributed by atoms with Crippen LogP contribution in [0.15, 0.2) is 54.6 Å². The number of rotatable bonds is 9. The Balaban J connectivity index is 1.70. The van der Waals surface area contributed by atoms with Crippen molar-refractivity contribution >= 4 is 17.6 Å². The molecule has 2 aromatic carbocycles. The van der Waals surface area contributed by atoms with Crippen LogP contribution in [0, 0.1) is 5.92 Å². The van der Waals surface area contributed by atoms with Crippen LogP contribution in [0.25, 0.3) is 0 Å². The van der Waals surface area contributed by atoms with Gasteiger partial charge in [-0.25, -0.2) is 0 Å². The SMILES string of the molecule is CC(Cc1ccc(NC(=O)CCOCc2ccccc2)cc1)C(=O)O. The lowest BCUT2D eigenvalue weighted by atomic mass is 10.0. The maximum absolute atomic E-state index is 11.9. The first-order valence-corrected chi connectivity index (χ1v) is 8.28. The molecule has 1 amide bonds. The van der Waals surface area contributed by atoms with E-state index in [0.717, 1.165) is 11.1 Å². The molecule has 2 aromatic rings. The highest BCUT2D eigenvalue weighted by molar-refractivity contribution is 5.90. The van der Waals surface area contributed by atoms with E-state index >= 15 is 0 Å². The predicted octanol–water partition coefficient (Wildman–Crippen LogP) is 3.50. The largest absolute Gasteiger partial charge is 0.481 e. The van der Waals surface area contributed by atoms with Crippen molar-refractivity contribution in [3.63, 3.8) is 0 Å². The van der Waals surface area contributed by atoms with Gasteiger partial charge in [0.05, 0.1) is 25.6 Å². The molecule has 2 N–H and O–H groups in total. The van der Waals surface area contributed by atoms with E-state index in [2.05, 4.69) is 5.32 Å². The summed E-state index contributed by atoms with van der Waals surface area (Å²) in [6, 6.07) is 17.0. The highest BCUT2D eigenvalue weighted by Crippen LogP contribution is 2.14. The molecule has 25 heavy (non-hydrogen) atoms. The van der Waals surface area contributed by atoms with Crippen molar-refractivity contribution < 1.29 is 19.4 Å². The van der Waals surface area contributed by atoms with Crippen LogP contribution in [-0.4, -0.2) is 23.6 Å². The van der Waals surface area contributed by atoms with E-state index in [9.17, 15) is 9.59 Å². The molecule has 0 bridgehead atoms. The summed E-state index contributed by atoms with van der Waals surface area (Å²) in [6.07, 6.45) is 0.752. The van der Waals surface area contributed by atoms with Crippen molar-refractivity contribution in [2.45, 2.75) is 26.4 Å². The Bertz CT molecular complexity index is 683. The van der Waals surface area contributed by atoms with Gasteiger partial charge >= 0.3 is 5.97 Å². The van der Waals surface area contributed by atoms with Crippen LogP contribution in [0.1, 0.15) is 24.5 Å². The van der Waals surface area contributed by atoms with Crippen molar-refractivity contribution in [1.29, 1.82) is 0 Å². The number of carboxylic acids is 1. The fraction of sp³-hybridized carbons (Fsp3) is 0.300. The fourth-order valence-electron chi connectivity index (χ4n) is 2.32. The first-order chi connectivity index (χ1) is 12.0. The average molecular weight is 341 g/mol. The van der Waals surface area contributed by atoms with Gasteiger partial charge in [0.1, 0.15) is 0 Å². The number of carbonyl (C=O) groups excluding carboxylic acids is 1. The molecule has 132 valence electrons. The second-order valence-corrected chi connectivity index (χ2v) is 5.98. The number of amides is 1. The van der Waals surface area contributed by atoms with Crippen LogP contribution in [0.4, 0.5) is 5.69 Å². The van der Waals surface area contributed by atoms with Crippen molar-refractivity contribution in [3.8, 4) is 0 Å². The summed E-state index contributed by atoms with van der Waals surface area (Å²) < 4.78 is 5.50. The predicted molar refractivity (Wildman–Crippen MR) is 96.3 cm³/mol. The van der Waals surface area contributed by atoms with Crippen LogP contribution in [0.2, 0.25) is 0 Å². The van der Waals surface area contributed by atoms with Gasteiger partial charge in [-0.15, -0.1) is 0 Å². The van der Waals surface area contributed by atoms with Crippen molar-refractivity contribution in [3.05, 3.63) is 65.7 Å². The molecular weight excluding hydrogens is 318 g/mol. The maximum Gasteiger partial charge on any atom is 0.306 e. The molecule has 2 rings (SSSR count). The topological polar surface area (TPSA) is 75.6 Å². The summed E-state index contributed by atoms with van der Waals surface area (Å²) in [5, 5.41) is 11.7. The molecule has 0 saturated carbocycles. The monoisotopic (exact) mass is 341 g/mol. The number of hydrogen-bond donors (Lipinski definition) is 2. The fourth-order valence-corrected chi connectivity index (χ4v) is 2.32. The number of aliphatic carboxylic acids is 1. The number of carboxylic acid groups (broad SMARTS) is 1. The third-order valence-corrected chi connectivity index (χ3v) is 3.79. The summed E-state index contributed by atoms with van der Waals surface area (Å²) >= 11 is 0. The van der Waals surface area contributed by atoms with Gasteiger partial charge in [0.2, 0.25) is 5.91 Å². The Labute approximate surface area is 147 Å². The number of nitrogens with one attached hydrogen (secondary N) is 1. The molecule has 0 aliphatic rings. The summed E-state index contributed by atoms with van der Waals surface area (Å²) in [4.78, 5) is 22.8. The number of benzene rings is 2. The number of carbonyl (C=O) groups is 2. The van der Waals surface area contributed by atoms with Gasteiger partial charge in [-0.05, 0) is 29.7 Å². The minimum Gasteiger partial charge on any atom is -0.481 e. The van der Waals surface area contributed by atoms with E-state index in [1.807, 2.05) is 42.5 Å². The summed E-state index contributed by atoms with van der Waals surface area (Å²) in [6.45, 7) is 2.52. The molecule has 1 unspecified atom stereocenters. The molecule has 0 fully saturated rings. The van der Waals surface area contributed by atoms with Gasteiger partial charge in [0.15, 0.2) is 0 Å². The van der Waals surface area contributed by atoms with Crippen LogP contribution in [-0.2, 0) is 27.4 Å². The Morgan fingerprint density at radius 2 is 1.72 bits per heavy atom. The van der Waals surface area contributed by atoms with Crippen LogP contribution < -0.4 is 5.32 Å². The summed E-state index contributed by atoms with van der Waals surface area (Å²) in [5.74, 6) is -1.35. The lowest BCUT2D eigenvalue weighted by molar-refractivity contribution is -0.141. The molecule has 5 nitrogen and oxygen atoms in total. The zero-order valence-electron chi connectivity index (χ0n) is 14.3. The first kappa shape index (κ1) is 18.7. The van der Waals surface area contributed by atoms with Crippen molar-refractivity contribution in [1.82, 2.24) is 0 Å². The van der Waals surface area contributed by atoms with Gasteiger partial charge in [-0.1, -0.05) is 49.4 Å². The Morgan fingerprint density at radius 1 is 1.04 bits per heavy atom. The summed E-state index contributed by atoms with van der Waals surface area (Å²) in [5.41, 5.74) is 2.70. The van der Waals surface area contributed by atoms with E-state index in [-0.39, 0.29) is 12.3 Å². The van der Waals surface area contributed by atoms with Gasteiger partial charge in [-0.2, -0.15) is 0 Å². The summed E-state index contributed by atoms with van der Waals surface area (Å²) in [7, 11) is 0. The highest BCUT2D eigenvalue weighted by Gasteiger charge is 2.11.